The summed E-state index contributed by atoms with van der Waals surface area (Å²) >= 11 is 0. The highest BCUT2D eigenvalue weighted by atomic mass is 16.5. The number of aryl methyl sites for hydroxylation is 1. The minimum atomic E-state index is -0.437. The van der Waals surface area contributed by atoms with Crippen LogP contribution in [0.1, 0.15) is 16.4 Å². The third-order valence-electron chi connectivity index (χ3n) is 3.30. The molecule has 0 aliphatic heterocycles. The van der Waals surface area contributed by atoms with Gasteiger partial charge in [-0.15, -0.1) is 0 Å². The van der Waals surface area contributed by atoms with Crippen LogP contribution in [-0.4, -0.2) is 32.9 Å². The van der Waals surface area contributed by atoms with Crippen LogP contribution in [0.15, 0.2) is 41.1 Å². The Morgan fingerprint density at radius 1 is 1.39 bits per heavy atom. The van der Waals surface area contributed by atoms with E-state index in [-0.39, 0.29) is 5.89 Å². The number of ether oxygens (including phenoxy) is 1. The van der Waals surface area contributed by atoms with Gasteiger partial charge < -0.3 is 14.6 Å². The minimum Gasteiger partial charge on any atom is -0.497 e. The molecule has 0 bridgehead atoms. The maximum atomic E-state index is 12.1. The first-order valence-corrected chi connectivity index (χ1v) is 6.90. The second-order valence-electron chi connectivity index (χ2n) is 4.78. The average molecular weight is 313 g/mol. The number of hydrogen-bond acceptors (Lipinski definition) is 6. The predicted octanol–water partition coefficient (Wildman–Crippen LogP) is 1.41. The maximum absolute atomic E-state index is 12.1. The topological polar surface area (TPSA) is 95.1 Å². The van der Waals surface area contributed by atoms with E-state index in [0.29, 0.717) is 23.7 Å². The van der Waals surface area contributed by atoms with E-state index in [4.69, 9.17) is 9.26 Å². The summed E-state index contributed by atoms with van der Waals surface area (Å²) in [6.45, 7) is 0.326. The van der Waals surface area contributed by atoms with Crippen LogP contribution < -0.4 is 10.1 Å². The number of amides is 1. The lowest BCUT2D eigenvalue weighted by atomic mass is 10.2. The number of rotatable bonds is 5. The summed E-state index contributed by atoms with van der Waals surface area (Å²) in [6, 6.07) is 9.01. The molecular weight excluding hydrogens is 298 g/mol. The van der Waals surface area contributed by atoms with Gasteiger partial charge in [-0.05, 0) is 18.2 Å². The fourth-order valence-electron chi connectivity index (χ4n) is 2.02. The van der Waals surface area contributed by atoms with Gasteiger partial charge in [0, 0.05) is 18.8 Å². The summed E-state index contributed by atoms with van der Waals surface area (Å²) in [6.07, 6.45) is 1.66. The zero-order valence-corrected chi connectivity index (χ0v) is 12.7. The third kappa shape index (κ3) is 3.20. The van der Waals surface area contributed by atoms with E-state index in [1.807, 2.05) is 24.3 Å². The molecule has 0 radical (unpaired) electrons. The summed E-state index contributed by atoms with van der Waals surface area (Å²) in [5.41, 5.74) is 1.57. The van der Waals surface area contributed by atoms with Crippen LogP contribution in [0.25, 0.3) is 11.4 Å². The van der Waals surface area contributed by atoms with E-state index in [1.54, 1.807) is 31.1 Å². The van der Waals surface area contributed by atoms with Crippen molar-refractivity contribution in [2.75, 3.05) is 7.11 Å². The number of nitrogens with one attached hydrogen (secondary N) is 1. The molecule has 8 heteroatoms. The number of carbonyl (C=O) groups is 1. The van der Waals surface area contributed by atoms with Crippen molar-refractivity contribution in [3.05, 3.63) is 48.1 Å². The van der Waals surface area contributed by atoms with E-state index in [9.17, 15) is 4.79 Å². The lowest BCUT2D eigenvalue weighted by Crippen LogP contribution is -2.24. The van der Waals surface area contributed by atoms with Gasteiger partial charge in [-0.3, -0.25) is 9.48 Å². The second kappa shape index (κ2) is 6.30. The summed E-state index contributed by atoms with van der Waals surface area (Å²) in [5.74, 6) is 0.474. The fraction of sp³-hybridized carbons (Fsp3) is 0.200. The van der Waals surface area contributed by atoms with Gasteiger partial charge in [0.25, 0.3) is 0 Å². The minimum absolute atomic E-state index is 0.0926. The molecule has 0 aliphatic carbocycles. The van der Waals surface area contributed by atoms with Crippen molar-refractivity contribution < 1.29 is 14.1 Å². The first kappa shape index (κ1) is 14.8. The molecule has 3 rings (SSSR count). The summed E-state index contributed by atoms with van der Waals surface area (Å²) in [5, 5.41) is 10.6. The number of carbonyl (C=O) groups excluding carboxylic acids is 1. The van der Waals surface area contributed by atoms with Crippen LogP contribution in [0.4, 0.5) is 0 Å². The van der Waals surface area contributed by atoms with Crippen LogP contribution in [-0.2, 0) is 13.6 Å². The van der Waals surface area contributed by atoms with Crippen LogP contribution in [0.5, 0.6) is 5.75 Å². The number of aromatic nitrogens is 4. The molecule has 2 heterocycles. The molecule has 0 aliphatic rings. The van der Waals surface area contributed by atoms with Gasteiger partial charge in [0.05, 0.1) is 19.3 Å². The van der Waals surface area contributed by atoms with Crippen molar-refractivity contribution >= 4 is 5.91 Å². The molecule has 0 unspecified atom stereocenters. The Balaban J connectivity index is 1.71. The largest absolute Gasteiger partial charge is 0.497 e. The first-order valence-electron chi connectivity index (χ1n) is 6.90. The first-order chi connectivity index (χ1) is 11.2. The Labute approximate surface area is 132 Å². The van der Waals surface area contributed by atoms with E-state index < -0.39 is 5.91 Å². The van der Waals surface area contributed by atoms with Crippen molar-refractivity contribution in [2.45, 2.75) is 6.54 Å². The smallest absolute Gasteiger partial charge is 0.316 e. The standard InChI is InChI=1S/C15H15N5O3/c1-20-11(6-7-17-20)9-16-14(21)15-18-13(19-23-15)10-4-3-5-12(8-10)22-2/h3-8H,9H2,1-2H3,(H,16,21). The Bertz CT molecular complexity index is 824. The zero-order valence-electron chi connectivity index (χ0n) is 12.7. The molecule has 0 saturated heterocycles. The number of benzene rings is 1. The molecule has 0 fully saturated rings. The van der Waals surface area contributed by atoms with Crippen LogP contribution in [0, 0.1) is 0 Å². The Hall–Kier alpha value is -3.16. The van der Waals surface area contributed by atoms with E-state index in [1.165, 1.54) is 0 Å². The molecule has 0 spiro atoms. The van der Waals surface area contributed by atoms with Gasteiger partial charge in [-0.25, -0.2) is 0 Å². The van der Waals surface area contributed by atoms with Gasteiger partial charge in [-0.2, -0.15) is 10.1 Å². The summed E-state index contributed by atoms with van der Waals surface area (Å²) in [4.78, 5) is 16.2. The van der Waals surface area contributed by atoms with Crippen molar-refractivity contribution in [3.63, 3.8) is 0 Å². The molecule has 23 heavy (non-hydrogen) atoms. The maximum Gasteiger partial charge on any atom is 0.316 e. The summed E-state index contributed by atoms with van der Waals surface area (Å²) < 4.78 is 11.8. The molecule has 118 valence electrons. The van der Waals surface area contributed by atoms with E-state index in [2.05, 4.69) is 20.6 Å². The monoisotopic (exact) mass is 313 g/mol. The van der Waals surface area contributed by atoms with Gasteiger partial charge >= 0.3 is 11.8 Å². The highest BCUT2D eigenvalue weighted by Gasteiger charge is 2.16. The molecule has 1 amide bonds. The van der Waals surface area contributed by atoms with Crippen molar-refractivity contribution in [1.29, 1.82) is 0 Å². The number of methoxy groups -OCH3 is 1. The van der Waals surface area contributed by atoms with Crippen LogP contribution in [0.2, 0.25) is 0 Å². The lowest BCUT2D eigenvalue weighted by molar-refractivity contribution is 0.0906. The molecule has 0 atom stereocenters. The molecule has 1 aromatic carbocycles. The zero-order chi connectivity index (χ0) is 16.2. The van der Waals surface area contributed by atoms with Gasteiger partial charge in [0.2, 0.25) is 5.82 Å². The predicted molar refractivity (Wildman–Crippen MR) is 80.7 cm³/mol. The Morgan fingerprint density at radius 2 is 2.26 bits per heavy atom. The molecule has 3 aromatic rings. The number of nitrogens with zero attached hydrogens (tertiary/aromatic N) is 4. The third-order valence-corrected chi connectivity index (χ3v) is 3.30. The second-order valence-corrected chi connectivity index (χ2v) is 4.78. The van der Waals surface area contributed by atoms with E-state index in [0.717, 1.165) is 5.69 Å². The van der Waals surface area contributed by atoms with Crippen molar-refractivity contribution in [3.8, 4) is 17.1 Å². The van der Waals surface area contributed by atoms with Crippen LogP contribution >= 0.6 is 0 Å². The molecule has 0 saturated carbocycles. The molecule has 2 aromatic heterocycles. The fourth-order valence-corrected chi connectivity index (χ4v) is 2.02. The van der Waals surface area contributed by atoms with Crippen molar-refractivity contribution in [1.82, 2.24) is 25.2 Å². The van der Waals surface area contributed by atoms with Gasteiger partial charge in [0.15, 0.2) is 0 Å². The quantitative estimate of drug-likeness (QED) is 0.765. The average Bonchev–Trinajstić information content (AvgIpc) is 3.22. The SMILES string of the molecule is COc1cccc(-c2noc(C(=O)NCc3ccnn3C)n2)c1. The molecule has 8 nitrogen and oxygen atoms in total. The lowest BCUT2D eigenvalue weighted by Gasteiger charge is -2.02. The number of hydrogen-bond donors (Lipinski definition) is 1. The Kier molecular flexibility index (Phi) is 4.05. The summed E-state index contributed by atoms with van der Waals surface area (Å²) in [7, 11) is 3.38. The Morgan fingerprint density at radius 3 is 3.00 bits per heavy atom. The highest BCUT2D eigenvalue weighted by Crippen LogP contribution is 2.21. The van der Waals surface area contributed by atoms with E-state index >= 15 is 0 Å². The highest BCUT2D eigenvalue weighted by molar-refractivity contribution is 5.89. The molecule has 1 N–H and O–H groups in total. The van der Waals surface area contributed by atoms with Gasteiger partial charge in [-0.1, -0.05) is 17.3 Å². The van der Waals surface area contributed by atoms with Crippen LogP contribution in [0.3, 0.4) is 0 Å². The molecular formula is C15H15N5O3. The van der Waals surface area contributed by atoms with Gasteiger partial charge in [0.1, 0.15) is 5.75 Å². The normalized spacial score (nSPS) is 10.5. The van der Waals surface area contributed by atoms with Crippen molar-refractivity contribution in [2.24, 2.45) is 7.05 Å².